The quantitative estimate of drug-likeness (QED) is 0.282. The molecule has 1 N–H and O–H groups in total. The molecule has 0 heterocycles. The highest BCUT2D eigenvalue weighted by atomic mass is 16.5. The molecule has 1 fully saturated rings. The topological polar surface area (TPSA) is 80.7 Å². The highest BCUT2D eigenvalue weighted by molar-refractivity contribution is 5.84. The molecule has 1 saturated carbocycles. The molecule has 0 radical (unpaired) electrons. The van der Waals surface area contributed by atoms with Crippen LogP contribution in [0.3, 0.4) is 0 Å². The number of ketones is 2. The highest BCUT2D eigenvalue weighted by Crippen LogP contribution is 2.35. The van der Waals surface area contributed by atoms with Crippen molar-refractivity contribution in [2.75, 3.05) is 0 Å². The molecule has 2 rings (SSSR count). The summed E-state index contributed by atoms with van der Waals surface area (Å²) in [5, 5.41) is 10.3. The van der Waals surface area contributed by atoms with Gasteiger partial charge in [0, 0.05) is 31.6 Å². The van der Waals surface area contributed by atoms with E-state index in [1.807, 2.05) is 56.3 Å². The lowest BCUT2D eigenvalue weighted by Crippen LogP contribution is -2.21. The predicted octanol–water partition coefficient (Wildman–Crippen LogP) is 4.60. The fraction of sp³-hybridized carbons (Fsp3) is 0.577. The zero-order valence-corrected chi connectivity index (χ0v) is 18.8. The summed E-state index contributed by atoms with van der Waals surface area (Å²) < 4.78 is 5.10. The summed E-state index contributed by atoms with van der Waals surface area (Å²) in [5.41, 5.74) is 1.15. The third-order valence-corrected chi connectivity index (χ3v) is 5.80. The normalized spacial score (nSPS) is 21.2. The zero-order valence-electron chi connectivity index (χ0n) is 18.8. The van der Waals surface area contributed by atoms with E-state index in [0.29, 0.717) is 38.5 Å². The number of benzene rings is 1. The van der Waals surface area contributed by atoms with Gasteiger partial charge in [-0.15, -0.1) is 0 Å². The van der Waals surface area contributed by atoms with Crippen LogP contribution in [0.25, 0.3) is 0 Å². The van der Waals surface area contributed by atoms with Crippen molar-refractivity contribution < 1.29 is 24.2 Å². The summed E-state index contributed by atoms with van der Waals surface area (Å²) in [5.74, 6) is -0.301. The number of carbonyl (C=O) groups excluding carboxylic acids is 3. The van der Waals surface area contributed by atoms with Crippen molar-refractivity contribution in [2.24, 2.45) is 11.8 Å². The van der Waals surface area contributed by atoms with Crippen molar-refractivity contribution >= 4 is 17.5 Å². The van der Waals surface area contributed by atoms with Gasteiger partial charge in [0.1, 0.15) is 11.6 Å². The molecule has 1 aliphatic carbocycles. The van der Waals surface area contributed by atoms with Crippen molar-refractivity contribution in [3.63, 3.8) is 0 Å². The molecule has 0 aromatic heterocycles. The highest BCUT2D eigenvalue weighted by Gasteiger charge is 2.40. The second kappa shape index (κ2) is 13.2. The number of aliphatic hydroxyl groups excluding tert-OH is 1. The Kier molecular flexibility index (Phi) is 10.6. The number of Topliss-reactive ketones (excluding diaryl/α,β-unsaturated/α-hetero) is 2. The van der Waals surface area contributed by atoms with E-state index in [-0.39, 0.29) is 41.9 Å². The van der Waals surface area contributed by atoms with Gasteiger partial charge in [0.05, 0.1) is 12.2 Å². The zero-order chi connectivity index (χ0) is 22.6. The van der Waals surface area contributed by atoms with Gasteiger partial charge in [-0.3, -0.25) is 14.4 Å². The molecule has 0 unspecified atom stereocenters. The average Bonchev–Trinajstić information content (AvgIpc) is 3.00. The first-order valence-corrected chi connectivity index (χ1v) is 11.5. The van der Waals surface area contributed by atoms with E-state index in [1.165, 1.54) is 0 Å². The first-order valence-electron chi connectivity index (χ1n) is 11.5. The van der Waals surface area contributed by atoms with Crippen LogP contribution in [-0.4, -0.2) is 34.9 Å². The van der Waals surface area contributed by atoms with Crippen molar-refractivity contribution in [1.29, 1.82) is 0 Å². The lowest BCUT2D eigenvalue weighted by molar-refractivity contribution is -0.147. The summed E-state index contributed by atoms with van der Waals surface area (Å²) in [6.45, 7) is 3.66. The fourth-order valence-electron chi connectivity index (χ4n) is 4.14. The Morgan fingerprint density at radius 1 is 1.13 bits per heavy atom. The van der Waals surface area contributed by atoms with E-state index in [2.05, 4.69) is 0 Å². The average molecular weight is 429 g/mol. The summed E-state index contributed by atoms with van der Waals surface area (Å²) in [6.07, 6.45) is 8.00. The van der Waals surface area contributed by atoms with E-state index in [9.17, 15) is 19.5 Å². The van der Waals surface area contributed by atoms with Crippen LogP contribution in [-0.2, 0) is 25.5 Å². The SMILES string of the molecule is CC(C)OC(=O)CCC/C=C/C[C@H]1C(=O)C[C@@H](O)[C@@H]1CCC(=O)CCc1ccccc1. The third-order valence-electron chi connectivity index (χ3n) is 5.80. The summed E-state index contributed by atoms with van der Waals surface area (Å²) >= 11 is 0. The van der Waals surface area contributed by atoms with Gasteiger partial charge in [-0.1, -0.05) is 42.5 Å². The Morgan fingerprint density at radius 3 is 2.58 bits per heavy atom. The first kappa shape index (κ1) is 25.0. The number of aryl methyl sites for hydroxylation is 1. The van der Waals surface area contributed by atoms with Gasteiger partial charge in [0.2, 0.25) is 0 Å². The van der Waals surface area contributed by atoms with Gasteiger partial charge in [-0.05, 0) is 57.4 Å². The molecule has 1 aromatic rings. The van der Waals surface area contributed by atoms with Crippen LogP contribution in [0.5, 0.6) is 0 Å². The van der Waals surface area contributed by atoms with Gasteiger partial charge < -0.3 is 9.84 Å². The molecular formula is C26H36O5. The molecule has 3 atom stereocenters. The molecule has 5 nitrogen and oxygen atoms in total. The fourth-order valence-corrected chi connectivity index (χ4v) is 4.14. The monoisotopic (exact) mass is 428 g/mol. The maximum absolute atomic E-state index is 12.3. The molecular weight excluding hydrogens is 392 g/mol. The number of aliphatic hydroxyl groups is 1. The molecule has 0 bridgehead atoms. The summed E-state index contributed by atoms with van der Waals surface area (Å²) in [4.78, 5) is 36.2. The molecule has 31 heavy (non-hydrogen) atoms. The Bertz CT molecular complexity index is 737. The van der Waals surface area contributed by atoms with Gasteiger partial charge in [-0.2, -0.15) is 0 Å². The molecule has 5 heteroatoms. The maximum atomic E-state index is 12.3. The smallest absolute Gasteiger partial charge is 0.306 e. The number of allylic oxidation sites excluding steroid dienone is 2. The van der Waals surface area contributed by atoms with Gasteiger partial charge >= 0.3 is 5.97 Å². The Balaban J connectivity index is 1.72. The maximum Gasteiger partial charge on any atom is 0.306 e. The van der Waals surface area contributed by atoms with E-state index >= 15 is 0 Å². The minimum absolute atomic E-state index is 0.0828. The Hall–Kier alpha value is -2.27. The molecule has 170 valence electrons. The van der Waals surface area contributed by atoms with E-state index < -0.39 is 6.10 Å². The molecule has 0 spiro atoms. The van der Waals surface area contributed by atoms with E-state index in [4.69, 9.17) is 4.74 Å². The van der Waals surface area contributed by atoms with Crippen LogP contribution in [0.4, 0.5) is 0 Å². The number of rotatable bonds is 13. The first-order chi connectivity index (χ1) is 14.9. The number of hydrogen-bond donors (Lipinski definition) is 1. The van der Waals surface area contributed by atoms with Crippen molar-refractivity contribution in [3.8, 4) is 0 Å². The Morgan fingerprint density at radius 2 is 1.87 bits per heavy atom. The standard InChI is InChI=1S/C26H36O5/c1-19(2)31-26(30)13-9-4-3-8-12-22-23(25(29)18-24(22)28)17-16-21(27)15-14-20-10-6-5-7-11-20/h3,5-8,10-11,19,22-23,25,29H,4,9,12-18H2,1-2H3/b8-3+/t22-,23-,25-/m1/s1. The van der Waals surface area contributed by atoms with Crippen LogP contribution in [0, 0.1) is 11.8 Å². The summed E-state index contributed by atoms with van der Waals surface area (Å²) in [6, 6.07) is 9.93. The van der Waals surface area contributed by atoms with Crippen molar-refractivity contribution in [2.45, 2.75) is 83.8 Å². The van der Waals surface area contributed by atoms with Crippen molar-refractivity contribution in [3.05, 3.63) is 48.0 Å². The minimum Gasteiger partial charge on any atom is -0.463 e. The van der Waals surface area contributed by atoms with Gasteiger partial charge in [0.25, 0.3) is 0 Å². The van der Waals surface area contributed by atoms with Crippen LogP contribution >= 0.6 is 0 Å². The van der Waals surface area contributed by atoms with Crippen LogP contribution in [0.15, 0.2) is 42.5 Å². The molecule has 0 aliphatic heterocycles. The third kappa shape index (κ3) is 9.18. The molecule has 0 saturated heterocycles. The number of hydrogen-bond acceptors (Lipinski definition) is 5. The molecule has 1 aromatic carbocycles. The Labute approximate surface area is 185 Å². The lowest BCUT2D eigenvalue weighted by Gasteiger charge is -2.19. The van der Waals surface area contributed by atoms with Crippen LogP contribution in [0.1, 0.15) is 70.8 Å². The second-order valence-electron chi connectivity index (χ2n) is 8.71. The molecule has 0 amide bonds. The number of unbranched alkanes of at least 4 members (excludes halogenated alkanes) is 1. The van der Waals surface area contributed by atoms with E-state index in [0.717, 1.165) is 18.4 Å². The van der Waals surface area contributed by atoms with Crippen LogP contribution in [0.2, 0.25) is 0 Å². The second-order valence-corrected chi connectivity index (χ2v) is 8.71. The summed E-state index contributed by atoms with van der Waals surface area (Å²) in [7, 11) is 0. The number of carbonyl (C=O) groups is 3. The van der Waals surface area contributed by atoms with Gasteiger partial charge in [-0.25, -0.2) is 0 Å². The lowest BCUT2D eigenvalue weighted by atomic mass is 9.86. The largest absolute Gasteiger partial charge is 0.463 e. The number of ether oxygens (including phenoxy) is 1. The molecule has 1 aliphatic rings. The minimum atomic E-state index is -0.654. The predicted molar refractivity (Wildman–Crippen MR) is 120 cm³/mol. The number of esters is 1. The van der Waals surface area contributed by atoms with Gasteiger partial charge in [0.15, 0.2) is 0 Å². The van der Waals surface area contributed by atoms with Crippen LogP contribution < -0.4 is 0 Å². The van der Waals surface area contributed by atoms with Crippen molar-refractivity contribution in [1.82, 2.24) is 0 Å². The van der Waals surface area contributed by atoms with E-state index in [1.54, 1.807) is 0 Å².